The summed E-state index contributed by atoms with van der Waals surface area (Å²) in [6.07, 6.45) is 3.04. The minimum Gasteiger partial charge on any atom is -0.409 e. The van der Waals surface area contributed by atoms with Gasteiger partial charge in [-0.1, -0.05) is 11.7 Å². The van der Waals surface area contributed by atoms with E-state index in [9.17, 15) is 24.0 Å². The van der Waals surface area contributed by atoms with Crippen molar-refractivity contribution >= 4 is 74.2 Å². The van der Waals surface area contributed by atoms with Crippen LogP contribution in [0.5, 0.6) is 0 Å². The summed E-state index contributed by atoms with van der Waals surface area (Å²) in [4.78, 5) is 79.3. The maximum Gasteiger partial charge on any atom is 0.287 e. The number of hydrogen-bond donors (Lipinski definition) is 11. The Labute approximate surface area is 280 Å². The van der Waals surface area contributed by atoms with Gasteiger partial charge < -0.3 is 57.5 Å². The predicted octanol–water partition coefficient (Wildman–Crippen LogP) is 3.10. The quantitative estimate of drug-likeness (QED) is 0.0339. The Kier molecular flexibility index (Phi) is 10.5. The average molecular weight is 726 g/mol. The van der Waals surface area contributed by atoms with Crippen LogP contribution in [0.2, 0.25) is 0 Å². The summed E-state index contributed by atoms with van der Waals surface area (Å²) < 4.78 is 0.0912. The zero-order chi connectivity index (χ0) is 35.3. The zero-order valence-electron chi connectivity index (χ0n) is 26.2. The number of halogens is 1. The first-order valence-corrected chi connectivity index (χ1v) is 15.0. The van der Waals surface area contributed by atoms with Gasteiger partial charge >= 0.3 is 0 Å². The van der Waals surface area contributed by atoms with Gasteiger partial charge in [-0.15, -0.1) is 0 Å². The molecular weight excluding hydrogens is 692 g/mol. The average Bonchev–Trinajstić information content (AvgIpc) is 3.79. The van der Waals surface area contributed by atoms with Crippen molar-refractivity contribution in [2.75, 3.05) is 27.8 Å². The maximum atomic E-state index is 13.2. The standard InChI is InChI=1S/C29H33BrN12O6/c1-11-8-16(37-25(43)14(4)30)22(35-11)28(46)39-18-10-33-20(12(18)2)26(44)38-17-9-34-21(13(17)3)27(45)41-23-15(5)36-24(40-23)29(47)32-7-6-19(31)42-48/h8-10,33-35,48H,4,6-7H2,1-3,5H3,(H2,31,42)(H,32,47)(H,36,40)(H,37,43)(H,38,44)(H,39,46)(H,41,45). The second kappa shape index (κ2) is 14.5. The third-order valence-corrected chi connectivity index (χ3v) is 7.39. The van der Waals surface area contributed by atoms with Crippen molar-refractivity contribution in [3.8, 4) is 0 Å². The summed E-state index contributed by atoms with van der Waals surface area (Å²) in [6.45, 7) is 10.2. The number of amides is 5. The number of nitrogens with two attached hydrogens (primary N) is 1. The van der Waals surface area contributed by atoms with Crippen molar-refractivity contribution < 1.29 is 29.2 Å². The van der Waals surface area contributed by atoms with E-state index in [1.54, 1.807) is 33.8 Å². The molecule has 0 aliphatic carbocycles. The first-order valence-electron chi connectivity index (χ1n) is 14.2. The molecule has 4 heterocycles. The van der Waals surface area contributed by atoms with E-state index in [1.165, 1.54) is 12.4 Å². The van der Waals surface area contributed by atoms with Gasteiger partial charge in [0.1, 0.15) is 22.9 Å². The molecule has 0 aliphatic rings. The number of oxime groups is 1. The van der Waals surface area contributed by atoms with Crippen LogP contribution in [0.4, 0.5) is 22.9 Å². The van der Waals surface area contributed by atoms with Crippen molar-refractivity contribution in [1.82, 2.24) is 30.2 Å². The van der Waals surface area contributed by atoms with Gasteiger partial charge in [0.25, 0.3) is 29.5 Å². The number of aromatic nitrogens is 5. The maximum absolute atomic E-state index is 13.2. The van der Waals surface area contributed by atoms with Crippen LogP contribution >= 0.6 is 15.9 Å². The molecule has 0 bridgehead atoms. The molecule has 19 heteroatoms. The first-order chi connectivity index (χ1) is 22.7. The number of nitrogens with one attached hydrogen (secondary N) is 9. The molecule has 0 atom stereocenters. The van der Waals surface area contributed by atoms with E-state index < -0.39 is 29.5 Å². The molecule has 5 amide bonds. The molecule has 0 aliphatic heterocycles. The monoisotopic (exact) mass is 724 g/mol. The van der Waals surface area contributed by atoms with Crippen molar-refractivity contribution in [2.45, 2.75) is 34.1 Å². The SMILES string of the molecule is C=C(Br)C(=O)Nc1cc(C)[nH]c1C(=O)Nc1c[nH]c(C(=O)Nc2c[nH]c(C(=O)Nc3nc(C(=O)NCCC(N)=NO)[nH]c3C)c2C)c1C. The Hall–Kier alpha value is -6.11. The van der Waals surface area contributed by atoms with E-state index >= 15 is 0 Å². The van der Waals surface area contributed by atoms with Crippen LogP contribution in [0.3, 0.4) is 0 Å². The van der Waals surface area contributed by atoms with Crippen molar-refractivity contribution in [3.63, 3.8) is 0 Å². The van der Waals surface area contributed by atoms with Crippen LogP contribution < -0.4 is 32.3 Å². The summed E-state index contributed by atoms with van der Waals surface area (Å²) >= 11 is 3.01. The molecule has 0 aromatic carbocycles. The molecule has 12 N–H and O–H groups in total. The third kappa shape index (κ3) is 7.81. The summed E-state index contributed by atoms with van der Waals surface area (Å²) in [5, 5.41) is 24.7. The highest BCUT2D eigenvalue weighted by atomic mass is 79.9. The number of hydrogen-bond acceptors (Lipinski definition) is 8. The normalized spacial score (nSPS) is 11.1. The Bertz CT molecular complexity index is 1960. The van der Waals surface area contributed by atoms with Gasteiger partial charge in [-0.05, 0) is 49.7 Å². The van der Waals surface area contributed by atoms with Crippen LogP contribution in [-0.4, -0.2) is 72.0 Å². The second-order valence-corrected chi connectivity index (χ2v) is 11.5. The van der Waals surface area contributed by atoms with E-state index in [0.29, 0.717) is 33.9 Å². The van der Waals surface area contributed by atoms with E-state index in [1.807, 2.05) is 0 Å². The van der Waals surface area contributed by atoms with E-state index in [-0.39, 0.29) is 57.7 Å². The lowest BCUT2D eigenvalue weighted by atomic mass is 10.2. The molecule has 18 nitrogen and oxygen atoms in total. The topological polar surface area (TPSA) is 280 Å². The number of anilines is 4. The Balaban J connectivity index is 1.40. The summed E-state index contributed by atoms with van der Waals surface area (Å²) in [5.74, 6) is -2.70. The van der Waals surface area contributed by atoms with Gasteiger partial charge in [-0.2, -0.15) is 0 Å². The highest BCUT2D eigenvalue weighted by molar-refractivity contribution is 9.12. The van der Waals surface area contributed by atoms with Crippen LogP contribution in [0.15, 0.2) is 34.7 Å². The Morgan fingerprint density at radius 3 is 1.98 bits per heavy atom. The fourth-order valence-corrected chi connectivity index (χ4v) is 4.55. The summed E-state index contributed by atoms with van der Waals surface area (Å²) in [6, 6.07) is 1.60. The smallest absolute Gasteiger partial charge is 0.287 e. The molecule has 0 spiro atoms. The molecule has 0 radical (unpaired) electrons. The number of imidazole rings is 1. The van der Waals surface area contributed by atoms with Crippen molar-refractivity contribution in [1.29, 1.82) is 0 Å². The molecule has 4 aromatic rings. The molecule has 0 fully saturated rings. The molecule has 0 saturated carbocycles. The van der Waals surface area contributed by atoms with E-state index in [2.05, 4.69) is 79.2 Å². The zero-order valence-corrected chi connectivity index (χ0v) is 27.8. The van der Waals surface area contributed by atoms with Crippen LogP contribution in [0.1, 0.15) is 71.0 Å². The first kappa shape index (κ1) is 34.8. The van der Waals surface area contributed by atoms with Crippen molar-refractivity contribution in [3.05, 3.63) is 74.9 Å². The van der Waals surface area contributed by atoms with Crippen LogP contribution in [-0.2, 0) is 4.79 Å². The summed E-state index contributed by atoms with van der Waals surface area (Å²) in [5.41, 5.74) is 8.63. The molecule has 252 valence electrons. The van der Waals surface area contributed by atoms with Gasteiger partial charge in [-0.3, -0.25) is 24.0 Å². The predicted molar refractivity (Wildman–Crippen MR) is 181 cm³/mol. The number of aryl methyl sites for hydroxylation is 2. The van der Waals surface area contributed by atoms with Gasteiger partial charge in [0.15, 0.2) is 11.6 Å². The largest absolute Gasteiger partial charge is 0.409 e. The number of H-pyrrole nitrogens is 4. The molecule has 48 heavy (non-hydrogen) atoms. The van der Waals surface area contributed by atoms with Crippen LogP contribution in [0.25, 0.3) is 0 Å². The number of amidine groups is 1. The number of rotatable bonds is 12. The molecular formula is C29H33BrN12O6. The number of aromatic amines is 4. The molecule has 0 saturated heterocycles. The van der Waals surface area contributed by atoms with Crippen molar-refractivity contribution in [2.24, 2.45) is 10.9 Å². The lowest BCUT2D eigenvalue weighted by Crippen LogP contribution is -2.28. The van der Waals surface area contributed by atoms with E-state index in [0.717, 1.165) is 0 Å². The van der Waals surface area contributed by atoms with Crippen LogP contribution in [0, 0.1) is 27.7 Å². The van der Waals surface area contributed by atoms with Gasteiger partial charge in [0.05, 0.1) is 27.2 Å². The lowest BCUT2D eigenvalue weighted by molar-refractivity contribution is -0.112. The highest BCUT2D eigenvalue weighted by Gasteiger charge is 2.23. The Morgan fingerprint density at radius 2 is 1.42 bits per heavy atom. The number of carbonyl (C=O) groups excluding carboxylic acids is 5. The van der Waals surface area contributed by atoms with Gasteiger partial charge in [-0.25, -0.2) is 4.98 Å². The fraction of sp³-hybridized carbons (Fsp3) is 0.207. The number of nitrogens with zero attached hydrogens (tertiary/aromatic N) is 2. The molecule has 4 rings (SSSR count). The molecule has 4 aromatic heterocycles. The Morgan fingerprint density at radius 1 is 0.854 bits per heavy atom. The van der Waals surface area contributed by atoms with Gasteiger partial charge in [0.2, 0.25) is 0 Å². The minimum atomic E-state index is -0.571. The lowest BCUT2D eigenvalue weighted by Gasteiger charge is -2.08. The second-order valence-electron chi connectivity index (χ2n) is 10.5. The fourth-order valence-electron chi connectivity index (χ4n) is 4.45. The number of carbonyl (C=O) groups is 5. The summed E-state index contributed by atoms with van der Waals surface area (Å²) in [7, 11) is 0. The highest BCUT2D eigenvalue weighted by Crippen LogP contribution is 2.25. The third-order valence-electron chi connectivity index (χ3n) is 7.03. The minimum absolute atomic E-state index is 0.0450. The molecule has 0 unspecified atom stereocenters. The van der Waals surface area contributed by atoms with Gasteiger partial charge in [0, 0.05) is 42.2 Å². The van der Waals surface area contributed by atoms with E-state index in [4.69, 9.17) is 10.9 Å².